The van der Waals surface area contributed by atoms with Crippen LogP contribution in [-0.2, 0) is 6.42 Å². The van der Waals surface area contributed by atoms with Gasteiger partial charge in [-0.1, -0.05) is 56.3 Å². The van der Waals surface area contributed by atoms with E-state index in [-0.39, 0.29) is 11.7 Å². The first-order chi connectivity index (χ1) is 9.65. The van der Waals surface area contributed by atoms with Crippen LogP contribution in [0.15, 0.2) is 54.6 Å². The van der Waals surface area contributed by atoms with Gasteiger partial charge < -0.3 is 5.32 Å². The molecule has 1 unspecified atom stereocenters. The summed E-state index contributed by atoms with van der Waals surface area (Å²) in [7, 11) is 0. The fraction of sp³-hybridized carbons (Fsp3) is 0.333. The molecule has 1 atom stereocenters. The average Bonchev–Trinajstić information content (AvgIpc) is 2.44. The molecule has 0 spiro atoms. The summed E-state index contributed by atoms with van der Waals surface area (Å²) in [4.78, 5) is 0. The molecule has 0 fully saturated rings. The molecule has 106 valence electrons. The molecule has 0 bridgehead atoms. The lowest BCUT2D eigenvalue weighted by Gasteiger charge is -2.20. The maximum Gasteiger partial charge on any atom is 0.123 e. The number of hydrogen-bond donors (Lipinski definition) is 1. The van der Waals surface area contributed by atoms with Gasteiger partial charge in [0.25, 0.3) is 0 Å². The zero-order valence-corrected chi connectivity index (χ0v) is 12.1. The number of halogens is 1. The largest absolute Gasteiger partial charge is 0.314 e. The van der Waals surface area contributed by atoms with E-state index in [1.807, 2.05) is 24.3 Å². The summed E-state index contributed by atoms with van der Waals surface area (Å²) in [5, 5.41) is 3.46. The van der Waals surface area contributed by atoms with Gasteiger partial charge in [-0.05, 0) is 29.7 Å². The molecule has 1 nitrogen and oxygen atoms in total. The van der Waals surface area contributed by atoms with Crippen molar-refractivity contribution in [2.45, 2.75) is 32.2 Å². The molecule has 0 saturated heterocycles. The fourth-order valence-electron chi connectivity index (χ4n) is 2.34. The highest BCUT2D eigenvalue weighted by Crippen LogP contribution is 2.21. The van der Waals surface area contributed by atoms with Gasteiger partial charge in [0, 0.05) is 18.5 Å². The minimum absolute atomic E-state index is 0.162. The summed E-state index contributed by atoms with van der Waals surface area (Å²) < 4.78 is 13.4. The van der Waals surface area contributed by atoms with Crippen LogP contribution in [0.3, 0.4) is 0 Å². The van der Waals surface area contributed by atoms with Crippen molar-refractivity contribution in [2.24, 2.45) is 0 Å². The fourth-order valence-corrected chi connectivity index (χ4v) is 2.34. The van der Waals surface area contributed by atoms with E-state index in [4.69, 9.17) is 0 Å². The summed E-state index contributed by atoms with van der Waals surface area (Å²) in [5.74, 6) is 0.126. The van der Waals surface area contributed by atoms with Gasteiger partial charge in [0.05, 0.1) is 0 Å². The van der Waals surface area contributed by atoms with Crippen LogP contribution in [-0.4, -0.2) is 12.6 Å². The first-order valence-corrected chi connectivity index (χ1v) is 7.18. The van der Waals surface area contributed by atoms with Crippen LogP contribution in [0, 0.1) is 5.82 Å². The molecule has 0 aliphatic carbocycles. The van der Waals surface area contributed by atoms with Crippen molar-refractivity contribution in [3.8, 4) is 0 Å². The molecule has 2 heteroatoms. The highest BCUT2D eigenvalue weighted by Gasteiger charge is 2.13. The van der Waals surface area contributed by atoms with Crippen LogP contribution in [0.25, 0.3) is 0 Å². The van der Waals surface area contributed by atoms with Crippen LogP contribution < -0.4 is 5.32 Å². The lowest BCUT2D eigenvalue weighted by Crippen LogP contribution is -2.29. The lowest BCUT2D eigenvalue weighted by atomic mass is 9.91. The van der Waals surface area contributed by atoms with E-state index in [1.165, 1.54) is 11.6 Å². The van der Waals surface area contributed by atoms with E-state index in [0.717, 1.165) is 18.5 Å². The van der Waals surface area contributed by atoms with Crippen LogP contribution in [0.4, 0.5) is 4.39 Å². The quantitative estimate of drug-likeness (QED) is 0.832. The predicted molar refractivity (Wildman–Crippen MR) is 82.4 cm³/mol. The maximum atomic E-state index is 13.4. The second-order valence-corrected chi connectivity index (χ2v) is 5.50. The van der Waals surface area contributed by atoms with E-state index in [9.17, 15) is 4.39 Å². The molecule has 0 heterocycles. The molecule has 2 aromatic carbocycles. The Morgan fingerprint density at radius 1 is 1.00 bits per heavy atom. The summed E-state index contributed by atoms with van der Waals surface area (Å²) in [6.45, 7) is 5.12. The Bertz CT molecular complexity index is 522. The molecule has 2 rings (SSSR count). The smallest absolute Gasteiger partial charge is 0.123 e. The Kier molecular flexibility index (Phi) is 5.31. The predicted octanol–water partition coefficient (Wildman–Crippen LogP) is 4.15. The SMILES string of the molecule is CC(C)NCC(Cc1ccccc1)c1cccc(F)c1. The minimum Gasteiger partial charge on any atom is -0.314 e. The van der Waals surface area contributed by atoms with Crippen molar-refractivity contribution in [1.82, 2.24) is 5.32 Å². The first kappa shape index (κ1) is 14.7. The second-order valence-electron chi connectivity index (χ2n) is 5.50. The molecular weight excluding hydrogens is 249 g/mol. The van der Waals surface area contributed by atoms with Gasteiger partial charge in [-0.3, -0.25) is 0 Å². The molecule has 2 aromatic rings. The van der Waals surface area contributed by atoms with E-state index in [0.29, 0.717) is 6.04 Å². The summed E-state index contributed by atoms with van der Waals surface area (Å²) in [6, 6.07) is 17.8. The van der Waals surface area contributed by atoms with Crippen molar-refractivity contribution >= 4 is 0 Å². The second kappa shape index (κ2) is 7.20. The summed E-state index contributed by atoms with van der Waals surface area (Å²) in [5.41, 5.74) is 2.34. The normalized spacial score (nSPS) is 12.6. The number of rotatable bonds is 6. The third-order valence-electron chi connectivity index (χ3n) is 3.42. The van der Waals surface area contributed by atoms with Crippen LogP contribution in [0.5, 0.6) is 0 Å². The highest BCUT2D eigenvalue weighted by atomic mass is 19.1. The standard InChI is InChI=1S/C18H22FN/c1-14(2)20-13-17(11-15-7-4-3-5-8-15)16-9-6-10-18(19)12-16/h3-10,12,14,17,20H,11,13H2,1-2H3. The zero-order chi connectivity index (χ0) is 14.4. The van der Waals surface area contributed by atoms with Crippen molar-refractivity contribution < 1.29 is 4.39 Å². The summed E-state index contributed by atoms with van der Waals surface area (Å²) >= 11 is 0. The molecule has 0 aliphatic rings. The van der Waals surface area contributed by atoms with Crippen molar-refractivity contribution in [1.29, 1.82) is 0 Å². The van der Waals surface area contributed by atoms with Gasteiger partial charge in [-0.2, -0.15) is 0 Å². The van der Waals surface area contributed by atoms with Gasteiger partial charge >= 0.3 is 0 Å². The molecule has 20 heavy (non-hydrogen) atoms. The Labute approximate surface area is 120 Å². The Morgan fingerprint density at radius 2 is 1.75 bits per heavy atom. The zero-order valence-electron chi connectivity index (χ0n) is 12.1. The topological polar surface area (TPSA) is 12.0 Å². The van der Waals surface area contributed by atoms with Crippen LogP contribution in [0.2, 0.25) is 0 Å². The average molecular weight is 271 g/mol. The highest BCUT2D eigenvalue weighted by molar-refractivity contribution is 5.25. The van der Waals surface area contributed by atoms with E-state index in [1.54, 1.807) is 12.1 Å². The van der Waals surface area contributed by atoms with Crippen LogP contribution >= 0.6 is 0 Å². The van der Waals surface area contributed by atoms with Crippen LogP contribution in [0.1, 0.15) is 30.9 Å². The third-order valence-corrected chi connectivity index (χ3v) is 3.42. The van der Waals surface area contributed by atoms with Gasteiger partial charge in [0.15, 0.2) is 0 Å². The molecular formula is C18H22FN. The van der Waals surface area contributed by atoms with Gasteiger partial charge in [0.1, 0.15) is 5.82 Å². The van der Waals surface area contributed by atoms with Crippen molar-refractivity contribution in [3.05, 3.63) is 71.5 Å². The molecule has 0 saturated carbocycles. The van der Waals surface area contributed by atoms with Crippen molar-refractivity contribution in [2.75, 3.05) is 6.54 Å². The lowest BCUT2D eigenvalue weighted by molar-refractivity contribution is 0.524. The monoisotopic (exact) mass is 271 g/mol. The maximum absolute atomic E-state index is 13.4. The molecule has 0 radical (unpaired) electrons. The van der Waals surface area contributed by atoms with E-state index < -0.39 is 0 Å². The third kappa shape index (κ3) is 4.46. The van der Waals surface area contributed by atoms with Crippen molar-refractivity contribution in [3.63, 3.8) is 0 Å². The van der Waals surface area contributed by atoms with E-state index in [2.05, 4.69) is 31.3 Å². The van der Waals surface area contributed by atoms with Gasteiger partial charge in [0.2, 0.25) is 0 Å². The Balaban J connectivity index is 2.16. The molecule has 0 amide bonds. The number of benzene rings is 2. The van der Waals surface area contributed by atoms with E-state index >= 15 is 0 Å². The number of hydrogen-bond acceptors (Lipinski definition) is 1. The Hall–Kier alpha value is -1.67. The molecule has 0 aromatic heterocycles. The molecule has 0 aliphatic heterocycles. The van der Waals surface area contributed by atoms with Gasteiger partial charge in [-0.25, -0.2) is 4.39 Å². The minimum atomic E-state index is -0.162. The number of nitrogens with one attached hydrogen (secondary N) is 1. The Morgan fingerprint density at radius 3 is 2.40 bits per heavy atom. The van der Waals surface area contributed by atoms with Gasteiger partial charge in [-0.15, -0.1) is 0 Å². The first-order valence-electron chi connectivity index (χ1n) is 7.18. The summed E-state index contributed by atoms with van der Waals surface area (Å²) in [6.07, 6.45) is 0.921. The molecule has 1 N–H and O–H groups in total.